The molecule has 0 amide bonds. The number of aromatic nitrogens is 2. The van der Waals surface area contributed by atoms with Crippen LogP contribution in [0, 0.1) is 3.57 Å². The Morgan fingerprint density at radius 1 is 0.895 bits per heavy atom. The summed E-state index contributed by atoms with van der Waals surface area (Å²) in [7, 11) is 0. The normalized spacial score (nSPS) is 10.6. The van der Waals surface area contributed by atoms with Crippen LogP contribution in [0.5, 0.6) is 0 Å². The number of rotatable bonds is 3. The Morgan fingerprint density at radius 3 is 2.21 bits per heavy atom. The summed E-state index contributed by atoms with van der Waals surface area (Å²) < 4.78 is 3.24. The molecule has 3 aromatic rings. The third-order valence-corrected chi connectivity index (χ3v) is 3.81. The molecule has 1 heterocycles. The molecule has 1 aromatic heterocycles. The van der Waals surface area contributed by atoms with Crippen molar-refractivity contribution in [2.45, 2.75) is 6.54 Å². The van der Waals surface area contributed by atoms with E-state index in [-0.39, 0.29) is 0 Å². The summed E-state index contributed by atoms with van der Waals surface area (Å²) in [4.78, 5) is 0. The number of hydrogen-bond donors (Lipinski definition) is 0. The fraction of sp³-hybridized carbons (Fsp3) is 0.0625. The lowest BCUT2D eigenvalue weighted by Gasteiger charge is -2.08. The number of nitrogens with zero attached hydrogens (tertiary/aromatic N) is 2. The zero-order chi connectivity index (χ0) is 13.1. The molecule has 3 heteroatoms. The Kier molecular flexibility index (Phi) is 3.64. The molecular weight excluding hydrogens is 347 g/mol. The average Bonchev–Trinajstić information content (AvgIpc) is 2.82. The highest BCUT2D eigenvalue weighted by Gasteiger charge is 2.10. The molecule has 0 bridgehead atoms. The molecule has 2 aromatic carbocycles. The van der Waals surface area contributed by atoms with Crippen molar-refractivity contribution in [1.29, 1.82) is 0 Å². The van der Waals surface area contributed by atoms with Crippen molar-refractivity contribution in [1.82, 2.24) is 9.78 Å². The van der Waals surface area contributed by atoms with E-state index in [1.54, 1.807) is 0 Å². The minimum absolute atomic E-state index is 0.800. The predicted octanol–water partition coefficient (Wildman–Crippen LogP) is 4.20. The van der Waals surface area contributed by atoms with Crippen LogP contribution in [-0.4, -0.2) is 9.78 Å². The molecule has 2 nitrogen and oxygen atoms in total. The third-order valence-electron chi connectivity index (χ3n) is 3.02. The minimum atomic E-state index is 0.800. The summed E-state index contributed by atoms with van der Waals surface area (Å²) >= 11 is 2.34. The van der Waals surface area contributed by atoms with Crippen LogP contribution in [0.2, 0.25) is 0 Å². The molecule has 3 rings (SSSR count). The molecule has 0 aliphatic carbocycles. The van der Waals surface area contributed by atoms with E-state index in [1.807, 2.05) is 18.3 Å². The van der Waals surface area contributed by atoms with Gasteiger partial charge in [0.1, 0.15) is 0 Å². The first-order valence-electron chi connectivity index (χ1n) is 6.15. The van der Waals surface area contributed by atoms with Gasteiger partial charge in [-0.3, -0.25) is 4.68 Å². The Morgan fingerprint density at radius 2 is 1.53 bits per heavy atom. The van der Waals surface area contributed by atoms with Gasteiger partial charge in [0.05, 0.1) is 22.0 Å². The lowest BCUT2D eigenvalue weighted by molar-refractivity contribution is 0.694. The molecule has 0 radical (unpaired) electrons. The van der Waals surface area contributed by atoms with Crippen molar-refractivity contribution >= 4 is 22.6 Å². The Balaban J connectivity index is 2.00. The smallest absolute Gasteiger partial charge is 0.0819 e. The third kappa shape index (κ3) is 2.71. The van der Waals surface area contributed by atoms with E-state index in [0.29, 0.717) is 0 Å². The molecule has 0 spiro atoms. The highest BCUT2D eigenvalue weighted by molar-refractivity contribution is 14.1. The van der Waals surface area contributed by atoms with Crippen LogP contribution >= 0.6 is 22.6 Å². The van der Waals surface area contributed by atoms with E-state index in [1.165, 1.54) is 20.4 Å². The van der Waals surface area contributed by atoms with Crippen molar-refractivity contribution in [3.05, 3.63) is 76.0 Å². The van der Waals surface area contributed by atoms with E-state index >= 15 is 0 Å². The van der Waals surface area contributed by atoms with Crippen LogP contribution < -0.4 is 0 Å². The van der Waals surface area contributed by atoms with Crippen LogP contribution in [0.1, 0.15) is 5.56 Å². The largest absolute Gasteiger partial charge is 0.259 e. The van der Waals surface area contributed by atoms with E-state index in [4.69, 9.17) is 0 Å². The zero-order valence-corrected chi connectivity index (χ0v) is 12.5. The van der Waals surface area contributed by atoms with Gasteiger partial charge in [0.2, 0.25) is 0 Å². The number of benzene rings is 2. The Labute approximate surface area is 126 Å². The standard InChI is InChI=1S/C16H13IN2/c17-15-11-18-19(12-13-7-3-1-4-8-13)16(15)14-9-5-2-6-10-14/h1-11H,12H2. The quantitative estimate of drug-likeness (QED) is 0.640. The average molecular weight is 360 g/mol. The van der Waals surface area contributed by atoms with Gasteiger partial charge in [0.25, 0.3) is 0 Å². The van der Waals surface area contributed by atoms with Gasteiger partial charge in [-0.1, -0.05) is 60.7 Å². The van der Waals surface area contributed by atoms with E-state index in [9.17, 15) is 0 Å². The maximum Gasteiger partial charge on any atom is 0.0819 e. The van der Waals surface area contributed by atoms with Crippen LogP contribution in [0.4, 0.5) is 0 Å². The maximum atomic E-state index is 4.50. The molecule has 94 valence electrons. The number of halogens is 1. The topological polar surface area (TPSA) is 17.8 Å². The molecule has 19 heavy (non-hydrogen) atoms. The fourth-order valence-corrected chi connectivity index (χ4v) is 2.84. The summed E-state index contributed by atoms with van der Waals surface area (Å²) in [6.07, 6.45) is 1.92. The highest BCUT2D eigenvalue weighted by atomic mass is 127. The fourth-order valence-electron chi connectivity index (χ4n) is 2.12. The van der Waals surface area contributed by atoms with Gasteiger partial charge in [-0.05, 0) is 28.2 Å². The summed E-state index contributed by atoms with van der Waals surface area (Å²) in [5.41, 5.74) is 3.66. The molecular formula is C16H13IN2. The van der Waals surface area contributed by atoms with Gasteiger partial charge in [-0.25, -0.2) is 0 Å². The second-order valence-electron chi connectivity index (χ2n) is 4.35. The Bertz CT molecular complexity index is 660. The van der Waals surface area contributed by atoms with Gasteiger partial charge in [0, 0.05) is 5.56 Å². The Hall–Kier alpha value is -1.62. The SMILES string of the molecule is Ic1cnn(Cc2ccccc2)c1-c1ccccc1. The summed E-state index contributed by atoms with van der Waals surface area (Å²) in [5.74, 6) is 0. The van der Waals surface area contributed by atoms with E-state index in [2.05, 4.69) is 80.9 Å². The van der Waals surface area contributed by atoms with Crippen LogP contribution in [0.15, 0.2) is 66.9 Å². The molecule has 0 aliphatic rings. The second kappa shape index (κ2) is 5.57. The first kappa shape index (κ1) is 12.4. The zero-order valence-electron chi connectivity index (χ0n) is 10.3. The first-order valence-corrected chi connectivity index (χ1v) is 7.23. The predicted molar refractivity (Wildman–Crippen MR) is 85.9 cm³/mol. The van der Waals surface area contributed by atoms with Crippen molar-refractivity contribution in [2.75, 3.05) is 0 Å². The molecule has 0 unspecified atom stereocenters. The molecule has 0 fully saturated rings. The maximum absolute atomic E-state index is 4.50. The first-order chi connectivity index (χ1) is 9.34. The summed E-state index contributed by atoms with van der Waals surface area (Å²) in [6, 6.07) is 20.8. The van der Waals surface area contributed by atoms with Gasteiger partial charge in [-0.2, -0.15) is 5.10 Å². The molecule has 0 N–H and O–H groups in total. The van der Waals surface area contributed by atoms with Crippen molar-refractivity contribution < 1.29 is 0 Å². The summed E-state index contributed by atoms with van der Waals surface area (Å²) in [5, 5.41) is 4.50. The lowest BCUT2D eigenvalue weighted by Crippen LogP contribution is -2.03. The van der Waals surface area contributed by atoms with Gasteiger partial charge < -0.3 is 0 Å². The summed E-state index contributed by atoms with van der Waals surface area (Å²) in [6.45, 7) is 0.800. The minimum Gasteiger partial charge on any atom is -0.259 e. The molecule has 0 saturated heterocycles. The van der Waals surface area contributed by atoms with Crippen LogP contribution in [0.25, 0.3) is 11.3 Å². The lowest BCUT2D eigenvalue weighted by atomic mass is 10.1. The highest BCUT2D eigenvalue weighted by Crippen LogP contribution is 2.25. The van der Waals surface area contributed by atoms with Crippen molar-refractivity contribution in [3.63, 3.8) is 0 Å². The van der Waals surface area contributed by atoms with E-state index in [0.717, 1.165) is 6.54 Å². The van der Waals surface area contributed by atoms with Gasteiger partial charge >= 0.3 is 0 Å². The molecule has 0 atom stereocenters. The molecule has 0 aliphatic heterocycles. The van der Waals surface area contributed by atoms with Gasteiger partial charge in [0.15, 0.2) is 0 Å². The number of hydrogen-bond acceptors (Lipinski definition) is 1. The monoisotopic (exact) mass is 360 g/mol. The second-order valence-corrected chi connectivity index (χ2v) is 5.51. The van der Waals surface area contributed by atoms with Crippen LogP contribution in [-0.2, 0) is 6.54 Å². The molecule has 0 saturated carbocycles. The van der Waals surface area contributed by atoms with Gasteiger partial charge in [-0.15, -0.1) is 0 Å². The van der Waals surface area contributed by atoms with Crippen molar-refractivity contribution in [2.24, 2.45) is 0 Å². The van der Waals surface area contributed by atoms with Crippen molar-refractivity contribution in [3.8, 4) is 11.3 Å². The van der Waals surface area contributed by atoms with E-state index < -0.39 is 0 Å². The van der Waals surface area contributed by atoms with Crippen LogP contribution in [0.3, 0.4) is 0 Å².